The Morgan fingerprint density at radius 3 is 2.59 bits per heavy atom. The van der Waals surface area contributed by atoms with E-state index in [9.17, 15) is 0 Å². The molecular weight excluding hydrogens is 204 g/mol. The van der Waals surface area contributed by atoms with E-state index in [2.05, 4.69) is 61.6 Å². The third kappa shape index (κ3) is 1.70. The van der Waals surface area contributed by atoms with Crippen molar-refractivity contribution in [2.75, 3.05) is 0 Å². The van der Waals surface area contributed by atoms with Crippen molar-refractivity contribution in [3.63, 3.8) is 0 Å². The maximum Gasteiger partial charge on any atom is -0.0105 e. The second kappa shape index (κ2) is 4.21. The van der Waals surface area contributed by atoms with E-state index in [1.54, 1.807) is 0 Å². The summed E-state index contributed by atoms with van der Waals surface area (Å²) >= 11 is 0. The second-order valence-corrected chi connectivity index (χ2v) is 4.48. The fourth-order valence-corrected chi connectivity index (χ4v) is 2.57. The van der Waals surface area contributed by atoms with Crippen LogP contribution in [0.5, 0.6) is 0 Å². The molecule has 0 heteroatoms. The molecule has 2 aromatic rings. The van der Waals surface area contributed by atoms with Gasteiger partial charge in [0.15, 0.2) is 0 Å². The Morgan fingerprint density at radius 1 is 1.00 bits per heavy atom. The predicted octanol–water partition coefficient (Wildman–Crippen LogP) is 4.83. The SMILES string of the molecule is CCc1cc2ccccc2c2c1C=CCC=C2. The van der Waals surface area contributed by atoms with Gasteiger partial charge in [0.1, 0.15) is 0 Å². The minimum absolute atomic E-state index is 1.03. The number of rotatable bonds is 1. The largest absolute Gasteiger partial charge is 0.0801 e. The molecule has 1 aliphatic carbocycles. The van der Waals surface area contributed by atoms with Gasteiger partial charge < -0.3 is 0 Å². The van der Waals surface area contributed by atoms with Crippen molar-refractivity contribution in [3.8, 4) is 0 Å². The molecule has 0 aliphatic heterocycles. The van der Waals surface area contributed by atoms with Crippen molar-refractivity contribution < 1.29 is 0 Å². The zero-order valence-electron chi connectivity index (χ0n) is 10.1. The summed E-state index contributed by atoms with van der Waals surface area (Å²) in [6.45, 7) is 2.23. The van der Waals surface area contributed by atoms with Crippen LogP contribution in [0.4, 0.5) is 0 Å². The summed E-state index contributed by atoms with van der Waals surface area (Å²) in [6, 6.07) is 11.0. The van der Waals surface area contributed by atoms with Crippen molar-refractivity contribution in [1.82, 2.24) is 0 Å². The van der Waals surface area contributed by atoms with Crippen molar-refractivity contribution >= 4 is 22.9 Å². The van der Waals surface area contributed by atoms with Crippen molar-refractivity contribution in [1.29, 1.82) is 0 Å². The minimum Gasteiger partial charge on any atom is -0.0801 e. The molecule has 0 unspecified atom stereocenters. The molecule has 17 heavy (non-hydrogen) atoms. The van der Waals surface area contributed by atoms with Gasteiger partial charge in [-0.05, 0) is 40.3 Å². The van der Waals surface area contributed by atoms with Gasteiger partial charge in [0.2, 0.25) is 0 Å². The quantitative estimate of drug-likeness (QED) is 0.645. The summed E-state index contributed by atoms with van der Waals surface area (Å²) in [5.41, 5.74) is 4.23. The summed E-state index contributed by atoms with van der Waals surface area (Å²) in [5.74, 6) is 0. The maximum atomic E-state index is 2.33. The molecule has 3 rings (SSSR count). The van der Waals surface area contributed by atoms with Gasteiger partial charge in [-0.3, -0.25) is 0 Å². The van der Waals surface area contributed by atoms with Crippen LogP contribution in [-0.2, 0) is 6.42 Å². The molecule has 0 radical (unpaired) electrons. The Labute approximate surface area is 102 Å². The van der Waals surface area contributed by atoms with E-state index in [-0.39, 0.29) is 0 Å². The summed E-state index contributed by atoms with van der Waals surface area (Å²) in [4.78, 5) is 0. The number of hydrogen-bond donors (Lipinski definition) is 0. The molecule has 0 nitrogen and oxygen atoms in total. The second-order valence-electron chi connectivity index (χ2n) is 4.48. The molecular formula is C17H16. The first-order valence-corrected chi connectivity index (χ1v) is 6.28. The van der Waals surface area contributed by atoms with Gasteiger partial charge in [-0.1, -0.05) is 61.6 Å². The lowest BCUT2D eigenvalue weighted by Crippen LogP contribution is -1.92. The van der Waals surface area contributed by atoms with Gasteiger partial charge in [-0.2, -0.15) is 0 Å². The monoisotopic (exact) mass is 220 g/mol. The highest BCUT2D eigenvalue weighted by atomic mass is 14.1. The number of fused-ring (bicyclic) bond motifs is 3. The van der Waals surface area contributed by atoms with Crippen LogP contribution < -0.4 is 0 Å². The lowest BCUT2D eigenvalue weighted by Gasteiger charge is -2.11. The first-order chi connectivity index (χ1) is 8.40. The van der Waals surface area contributed by atoms with E-state index in [4.69, 9.17) is 0 Å². The molecule has 0 saturated carbocycles. The van der Waals surface area contributed by atoms with Crippen molar-refractivity contribution in [2.24, 2.45) is 0 Å². The Morgan fingerprint density at radius 2 is 1.76 bits per heavy atom. The lowest BCUT2D eigenvalue weighted by molar-refractivity contribution is 1.14. The van der Waals surface area contributed by atoms with Crippen molar-refractivity contribution in [3.05, 3.63) is 59.2 Å². The summed E-state index contributed by atoms with van der Waals surface area (Å²) in [6.07, 6.45) is 11.2. The average molecular weight is 220 g/mol. The van der Waals surface area contributed by atoms with E-state index in [1.807, 2.05) is 0 Å². The van der Waals surface area contributed by atoms with E-state index in [0.29, 0.717) is 0 Å². The van der Waals surface area contributed by atoms with Crippen molar-refractivity contribution in [2.45, 2.75) is 19.8 Å². The summed E-state index contributed by atoms with van der Waals surface area (Å²) in [7, 11) is 0. The molecule has 0 N–H and O–H groups in total. The van der Waals surface area contributed by atoms with E-state index in [0.717, 1.165) is 12.8 Å². The maximum absolute atomic E-state index is 2.33. The van der Waals surface area contributed by atoms with Gasteiger partial charge in [-0.25, -0.2) is 0 Å². The van der Waals surface area contributed by atoms with Crippen LogP contribution in [0.25, 0.3) is 22.9 Å². The van der Waals surface area contributed by atoms with Crippen LogP contribution in [0.2, 0.25) is 0 Å². The van der Waals surface area contributed by atoms with Gasteiger partial charge in [0, 0.05) is 0 Å². The Bertz CT molecular complexity index is 615. The first-order valence-electron chi connectivity index (χ1n) is 6.28. The Kier molecular flexibility index (Phi) is 2.56. The predicted molar refractivity (Wildman–Crippen MR) is 76.0 cm³/mol. The van der Waals surface area contributed by atoms with Gasteiger partial charge >= 0.3 is 0 Å². The molecule has 1 aliphatic rings. The zero-order chi connectivity index (χ0) is 11.7. The van der Waals surface area contributed by atoms with Crippen LogP contribution in [-0.4, -0.2) is 0 Å². The standard InChI is InChI=1S/C17H16/c1-2-13-12-14-8-6-7-10-16(14)17-11-5-3-4-9-15(13)17/h4-12H,2-3H2,1H3. The van der Waals surface area contributed by atoms with Gasteiger partial charge in [-0.15, -0.1) is 0 Å². The number of hydrogen-bond acceptors (Lipinski definition) is 0. The normalized spacial score (nSPS) is 13.7. The third-order valence-corrected chi connectivity index (χ3v) is 3.44. The number of benzene rings is 2. The first kappa shape index (κ1) is 10.3. The third-order valence-electron chi connectivity index (χ3n) is 3.44. The molecule has 0 fully saturated rings. The molecule has 0 spiro atoms. The molecule has 0 heterocycles. The highest BCUT2D eigenvalue weighted by Crippen LogP contribution is 2.30. The van der Waals surface area contributed by atoms with Crippen LogP contribution in [0.15, 0.2) is 42.5 Å². The van der Waals surface area contributed by atoms with E-state index >= 15 is 0 Å². The minimum atomic E-state index is 1.03. The average Bonchev–Trinajstić information content (AvgIpc) is 2.63. The lowest BCUT2D eigenvalue weighted by atomic mass is 9.93. The summed E-state index contributed by atoms with van der Waals surface area (Å²) in [5, 5.41) is 2.71. The molecule has 2 aromatic carbocycles. The fourth-order valence-electron chi connectivity index (χ4n) is 2.57. The van der Waals surface area contributed by atoms with Crippen LogP contribution in [0.1, 0.15) is 30.0 Å². The topological polar surface area (TPSA) is 0 Å². The molecule has 0 amide bonds. The Balaban J connectivity index is 2.44. The zero-order valence-corrected chi connectivity index (χ0v) is 10.1. The van der Waals surface area contributed by atoms with E-state index in [1.165, 1.54) is 27.5 Å². The van der Waals surface area contributed by atoms with Crippen LogP contribution >= 0.6 is 0 Å². The smallest absolute Gasteiger partial charge is 0.0105 e. The van der Waals surface area contributed by atoms with Crippen LogP contribution in [0.3, 0.4) is 0 Å². The van der Waals surface area contributed by atoms with E-state index < -0.39 is 0 Å². The fraction of sp³-hybridized carbons (Fsp3) is 0.176. The molecule has 0 bridgehead atoms. The summed E-state index contributed by atoms with van der Waals surface area (Å²) < 4.78 is 0. The molecule has 0 aromatic heterocycles. The number of allylic oxidation sites excluding steroid dienone is 2. The molecule has 0 saturated heterocycles. The Hall–Kier alpha value is -1.82. The molecule has 84 valence electrons. The van der Waals surface area contributed by atoms with Gasteiger partial charge in [0.05, 0.1) is 0 Å². The van der Waals surface area contributed by atoms with Gasteiger partial charge in [0.25, 0.3) is 0 Å². The molecule has 0 atom stereocenters. The highest BCUT2D eigenvalue weighted by Gasteiger charge is 2.09. The number of aryl methyl sites for hydroxylation is 1. The van der Waals surface area contributed by atoms with Crippen LogP contribution in [0, 0.1) is 0 Å². The highest BCUT2D eigenvalue weighted by molar-refractivity contribution is 5.95.